The summed E-state index contributed by atoms with van der Waals surface area (Å²) in [5.74, 6) is 0.346. The molecule has 2 aromatic carbocycles. The van der Waals surface area contributed by atoms with Crippen molar-refractivity contribution in [3.05, 3.63) is 58.9 Å². The highest BCUT2D eigenvalue weighted by Gasteiger charge is 2.33. The summed E-state index contributed by atoms with van der Waals surface area (Å²) in [6.45, 7) is 4.78. The number of esters is 1. The van der Waals surface area contributed by atoms with Crippen LogP contribution in [0.2, 0.25) is 0 Å². The summed E-state index contributed by atoms with van der Waals surface area (Å²) in [5.41, 5.74) is 3.03. The highest BCUT2D eigenvalue weighted by Crippen LogP contribution is 2.40. The van der Waals surface area contributed by atoms with Gasteiger partial charge in [-0.2, -0.15) is 4.39 Å². The van der Waals surface area contributed by atoms with Gasteiger partial charge in [0.1, 0.15) is 0 Å². The van der Waals surface area contributed by atoms with Crippen LogP contribution in [-0.4, -0.2) is 12.6 Å². The van der Waals surface area contributed by atoms with Gasteiger partial charge in [-0.05, 0) is 73.1 Å². The fourth-order valence-corrected chi connectivity index (χ4v) is 5.48. The molecule has 0 amide bonds. The van der Waals surface area contributed by atoms with Gasteiger partial charge in [0.25, 0.3) is 0 Å². The number of unbranched alkanes of at least 4 members (excludes halogenated alkanes) is 3. The molecule has 0 saturated heterocycles. The number of carbonyl (C=O) groups is 1. The molecule has 0 spiro atoms. The van der Waals surface area contributed by atoms with Crippen LogP contribution in [0, 0.1) is 11.7 Å². The quantitative estimate of drug-likeness (QED) is 0.202. The average molecular weight is 467 g/mol. The van der Waals surface area contributed by atoms with Crippen molar-refractivity contribution in [3.63, 3.8) is 0 Å². The summed E-state index contributed by atoms with van der Waals surface area (Å²) >= 11 is 0. The van der Waals surface area contributed by atoms with Crippen LogP contribution in [0.4, 0.5) is 4.39 Å². The molecule has 3 nitrogen and oxygen atoms in total. The van der Waals surface area contributed by atoms with Gasteiger partial charge in [0, 0.05) is 0 Å². The Morgan fingerprint density at radius 2 is 1.62 bits per heavy atom. The Hall–Kier alpha value is -2.36. The molecule has 1 saturated carbocycles. The van der Waals surface area contributed by atoms with Gasteiger partial charge in [-0.15, -0.1) is 0 Å². The molecule has 4 heteroatoms. The summed E-state index contributed by atoms with van der Waals surface area (Å²) < 4.78 is 25.9. The van der Waals surface area contributed by atoms with Gasteiger partial charge in [0.15, 0.2) is 11.5 Å². The Balaban J connectivity index is 1.37. The van der Waals surface area contributed by atoms with Crippen molar-refractivity contribution in [1.29, 1.82) is 0 Å². The Labute approximate surface area is 204 Å². The molecule has 0 bridgehead atoms. The molecule has 0 aromatic heterocycles. The van der Waals surface area contributed by atoms with Crippen molar-refractivity contribution >= 4 is 5.97 Å². The molecule has 184 valence electrons. The normalized spacial score (nSPS) is 22.2. The zero-order chi connectivity index (χ0) is 23.9. The summed E-state index contributed by atoms with van der Waals surface area (Å²) in [6, 6.07) is 12.0. The number of rotatable bonds is 10. The van der Waals surface area contributed by atoms with E-state index in [4.69, 9.17) is 9.47 Å². The molecule has 1 aliphatic heterocycles. The van der Waals surface area contributed by atoms with Gasteiger partial charge in [0.05, 0.1) is 12.5 Å². The van der Waals surface area contributed by atoms with Gasteiger partial charge in [-0.3, -0.25) is 4.79 Å². The first-order valence-corrected chi connectivity index (χ1v) is 13.4. The van der Waals surface area contributed by atoms with Crippen molar-refractivity contribution < 1.29 is 18.7 Å². The van der Waals surface area contributed by atoms with Crippen LogP contribution in [0.1, 0.15) is 107 Å². The monoisotopic (exact) mass is 466 g/mol. The van der Waals surface area contributed by atoms with Gasteiger partial charge < -0.3 is 9.47 Å². The SMILES string of the molecule is CCCCC[C@H]1CC[C@H](c2ccc(C3Cc4ccc(OCCCC)c(F)c4OC3=O)cc2)CC1. The maximum absolute atomic E-state index is 14.9. The minimum Gasteiger partial charge on any atom is -0.490 e. The smallest absolute Gasteiger partial charge is 0.319 e. The van der Waals surface area contributed by atoms with Crippen molar-refractivity contribution in [2.75, 3.05) is 6.61 Å². The Bertz CT molecular complexity index is 944. The Morgan fingerprint density at radius 1 is 0.912 bits per heavy atom. The molecule has 34 heavy (non-hydrogen) atoms. The van der Waals surface area contributed by atoms with Crippen molar-refractivity contribution in [2.45, 2.75) is 96.3 Å². The standard InChI is InChI=1S/C30H39FO3/c1-3-5-7-8-21-9-11-22(12-10-21)23-13-15-24(16-14-23)26-20-25-17-18-27(33-19-6-4-2)28(31)29(25)34-30(26)32/h13-18,21-22,26H,3-12,19-20H2,1-2H3/t21-,22-,26?. The second kappa shape index (κ2) is 11.9. The predicted molar refractivity (Wildman–Crippen MR) is 134 cm³/mol. The fraction of sp³-hybridized carbons (Fsp3) is 0.567. The van der Waals surface area contributed by atoms with E-state index in [1.165, 1.54) is 56.9 Å². The zero-order valence-electron chi connectivity index (χ0n) is 20.8. The molecule has 1 aliphatic carbocycles. The Kier molecular flexibility index (Phi) is 8.64. The van der Waals surface area contributed by atoms with Crippen LogP contribution >= 0.6 is 0 Å². The molecule has 1 atom stereocenters. The van der Waals surface area contributed by atoms with Crippen LogP contribution in [0.5, 0.6) is 11.5 Å². The highest BCUT2D eigenvalue weighted by atomic mass is 19.1. The van der Waals surface area contributed by atoms with E-state index in [1.807, 2.05) is 6.07 Å². The van der Waals surface area contributed by atoms with Gasteiger partial charge in [-0.25, -0.2) is 0 Å². The highest BCUT2D eigenvalue weighted by molar-refractivity contribution is 5.83. The molecule has 1 unspecified atom stereocenters. The van der Waals surface area contributed by atoms with Crippen LogP contribution in [0.3, 0.4) is 0 Å². The number of benzene rings is 2. The summed E-state index contributed by atoms with van der Waals surface area (Å²) in [4.78, 5) is 12.8. The molecule has 2 aromatic rings. The molecule has 0 N–H and O–H groups in total. The van der Waals surface area contributed by atoms with Crippen LogP contribution < -0.4 is 9.47 Å². The second-order valence-electron chi connectivity index (χ2n) is 10.1. The van der Waals surface area contributed by atoms with Crippen LogP contribution in [0.15, 0.2) is 36.4 Å². The molecule has 0 radical (unpaired) electrons. The first-order valence-electron chi connectivity index (χ1n) is 13.4. The van der Waals surface area contributed by atoms with Gasteiger partial charge >= 0.3 is 5.97 Å². The van der Waals surface area contributed by atoms with E-state index < -0.39 is 17.7 Å². The van der Waals surface area contributed by atoms with Crippen LogP contribution in [0.25, 0.3) is 0 Å². The molecule has 1 fully saturated rings. The lowest BCUT2D eigenvalue weighted by atomic mass is 9.76. The number of ether oxygens (including phenoxy) is 2. The first-order chi connectivity index (χ1) is 16.6. The van der Waals surface area contributed by atoms with E-state index in [-0.39, 0.29) is 11.5 Å². The molecular formula is C30H39FO3. The summed E-state index contributed by atoms with van der Waals surface area (Å²) in [7, 11) is 0. The zero-order valence-corrected chi connectivity index (χ0v) is 20.8. The summed E-state index contributed by atoms with van der Waals surface area (Å²) in [6.07, 6.45) is 12.9. The minimum atomic E-state index is -0.568. The Morgan fingerprint density at radius 3 is 2.32 bits per heavy atom. The molecule has 2 aliphatic rings. The van der Waals surface area contributed by atoms with Crippen LogP contribution in [-0.2, 0) is 11.2 Å². The average Bonchev–Trinajstić information content (AvgIpc) is 2.86. The number of fused-ring (bicyclic) bond motifs is 1. The largest absolute Gasteiger partial charge is 0.490 e. The number of halogens is 1. The molecule has 1 heterocycles. The third-order valence-electron chi connectivity index (χ3n) is 7.68. The lowest BCUT2D eigenvalue weighted by molar-refractivity contribution is -0.137. The topological polar surface area (TPSA) is 35.5 Å². The van der Waals surface area contributed by atoms with E-state index in [2.05, 4.69) is 38.1 Å². The number of hydrogen-bond donors (Lipinski definition) is 0. The third-order valence-corrected chi connectivity index (χ3v) is 7.68. The molecule has 4 rings (SSSR count). The molecular weight excluding hydrogens is 427 g/mol. The van der Waals surface area contributed by atoms with Gasteiger partial charge in [-0.1, -0.05) is 76.3 Å². The predicted octanol–water partition coefficient (Wildman–Crippen LogP) is 8.10. The first kappa shape index (κ1) is 24.8. The van der Waals surface area contributed by atoms with Crippen molar-refractivity contribution in [3.8, 4) is 11.5 Å². The van der Waals surface area contributed by atoms with E-state index >= 15 is 0 Å². The maximum Gasteiger partial charge on any atom is 0.319 e. The van der Waals surface area contributed by atoms with Crippen molar-refractivity contribution in [2.24, 2.45) is 5.92 Å². The van der Waals surface area contributed by atoms with E-state index in [1.54, 1.807) is 6.07 Å². The van der Waals surface area contributed by atoms with E-state index in [0.717, 1.165) is 29.9 Å². The van der Waals surface area contributed by atoms with E-state index in [0.29, 0.717) is 18.9 Å². The number of hydrogen-bond acceptors (Lipinski definition) is 3. The minimum absolute atomic E-state index is 0.0302. The lowest BCUT2D eigenvalue weighted by Gasteiger charge is -2.29. The maximum atomic E-state index is 14.9. The summed E-state index contributed by atoms with van der Waals surface area (Å²) in [5, 5.41) is 0. The third kappa shape index (κ3) is 5.82. The van der Waals surface area contributed by atoms with Gasteiger partial charge in [0.2, 0.25) is 5.82 Å². The lowest BCUT2D eigenvalue weighted by Crippen LogP contribution is -2.26. The second-order valence-corrected chi connectivity index (χ2v) is 10.1. The number of carbonyl (C=O) groups excluding carboxylic acids is 1. The fourth-order valence-electron chi connectivity index (χ4n) is 5.48. The van der Waals surface area contributed by atoms with Crippen molar-refractivity contribution in [1.82, 2.24) is 0 Å². The van der Waals surface area contributed by atoms with E-state index in [9.17, 15) is 9.18 Å².